The number of carbonyl (C=O) groups excluding carboxylic acids is 1. The van der Waals surface area contributed by atoms with Gasteiger partial charge in [0.1, 0.15) is 28.4 Å². The third-order valence-corrected chi connectivity index (χ3v) is 10.5. The number of carboxylic acid groups (broad SMARTS) is 1. The number of hydrogen-bond acceptors (Lipinski definition) is 6. The Balaban J connectivity index is 2.08. The molecule has 1 saturated heterocycles. The van der Waals surface area contributed by atoms with Crippen LogP contribution < -0.4 is 5.32 Å². The van der Waals surface area contributed by atoms with Gasteiger partial charge >= 0.3 is 11.9 Å². The van der Waals surface area contributed by atoms with Crippen LogP contribution in [0.15, 0.2) is 27.7 Å². The van der Waals surface area contributed by atoms with Gasteiger partial charge in [0, 0.05) is 30.1 Å². The van der Waals surface area contributed by atoms with Crippen LogP contribution in [0.1, 0.15) is 39.7 Å². The first-order chi connectivity index (χ1) is 16.9. The van der Waals surface area contributed by atoms with Gasteiger partial charge in [-0.1, -0.05) is 54.3 Å². The number of rotatable bonds is 9. The van der Waals surface area contributed by atoms with E-state index in [9.17, 15) is 14.7 Å². The van der Waals surface area contributed by atoms with Crippen molar-refractivity contribution >= 4 is 52.9 Å². The smallest absolute Gasteiger partial charge is 0.359 e. The van der Waals surface area contributed by atoms with Crippen molar-refractivity contribution in [1.82, 2.24) is 5.32 Å². The van der Waals surface area contributed by atoms with Crippen LogP contribution in [0.2, 0.25) is 25.7 Å². The topological polar surface area (TPSA) is 97.2 Å². The van der Waals surface area contributed by atoms with Crippen molar-refractivity contribution in [3.8, 4) is 0 Å². The lowest BCUT2D eigenvalue weighted by atomic mass is 9.75. The first kappa shape index (κ1) is 30.0. The van der Waals surface area contributed by atoms with Crippen LogP contribution in [0.25, 0.3) is 0 Å². The zero-order chi connectivity index (χ0) is 28.0. The molecule has 2 N–H and O–H groups in total. The van der Waals surface area contributed by atoms with Gasteiger partial charge in [0.2, 0.25) is 6.23 Å². The molecule has 7 nitrogen and oxygen atoms in total. The molecule has 0 spiro atoms. The van der Waals surface area contributed by atoms with Crippen molar-refractivity contribution in [2.45, 2.75) is 81.9 Å². The lowest BCUT2D eigenvalue weighted by molar-refractivity contribution is -0.167. The molecule has 1 aliphatic carbocycles. The number of nitrogens with zero attached hydrogens (tertiary/aromatic N) is 1. The predicted molar refractivity (Wildman–Crippen MR) is 147 cm³/mol. The second-order valence-corrected chi connectivity index (χ2v) is 19.9. The first-order valence-electron chi connectivity index (χ1n) is 12.0. The number of aliphatic imine (C=N–C) groups is 1. The summed E-state index contributed by atoms with van der Waals surface area (Å²) in [5, 5.41) is 13.2. The molecule has 2 aliphatic rings. The molecule has 2 fully saturated rings. The van der Waals surface area contributed by atoms with E-state index in [1.165, 1.54) is 18.2 Å². The lowest BCUT2D eigenvalue weighted by Crippen LogP contribution is -2.60. The number of benzene rings is 1. The molecule has 0 radical (unpaired) electrons. The molecular formula is C25H35BrF2N2O5SSi. The maximum atomic E-state index is 15.1. The number of alkyl halides is 1. The van der Waals surface area contributed by atoms with E-state index >= 15 is 8.78 Å². The highest BCUT2D eigenvalue weighted by Crippen LogP contribution is 2.74. The van der Waals surface area contributed by atoms with Gasteiger partial charge < -0.3 is 19.9 Å². The predicted octanol–water partition coefficient (Wildman–Crippen LogP) is 5.70. The minimum atomic E-state index is -1.74. The summed E-state index contributed by atoms with van der Waals surface area (Å²) in [5.74, 6) is -2.58. The second-order valence-electron chi connectivity index (χ2n) is 12.0. The van der Waals surface area contributed by atoms with E-state index in [2.05, 4.69) is 45.9 Å². The molecule has 1 aromatic carbocycles. The van der Waals surface area contributed by atoms with Gasteiger partial charge in [-0.15, -0.1) is 0 Å². The Morgan fingerprint density at radius 2 is 1.97 bits per heavy atom. The van der Waals surface area contributed by atoms with Crippen molar-refractivity contribution < 1.29 is 33.0 Å². The number of amidine groups is 1. The standard InChI is InChI=1S/C25H35BrF2N2O5SSi/c1-22(2,3)35-19(31)18(34-10-11-37(5,6)7)29-21-30-24(14-27,16-12-15(26)8-9-17(16)28)23(4)13-25(23,36-21)20(32)33/h8-9,12,18H,10-11,13-14H2,1-7H3,(H,29,30)(H,32,33)/t18?,23-,24-,25+/m0/s1. The molecule has 1 aliphatic heterocycles. The summed E-state index contributed by atoms with van der Waals surface area (Å²) in [7, 11) is -1.50. The van der Waals surface area contributed by atoms with Crippen LogP contribution in [0, 0.1) is 11.2 Å². The Hall–Kier alpha value is -1.50. The first-order valence-corrected chi connectivity index (χ1v) is 17.4. The average molecular weight is 622 g/mol. The molecule has 1 aromatic rings. The number of thioether (sulfide) groups is 1. The average Bonchev–Trinajstić information content (AvgIpc) is 3.39. The molecule has 3 rings (SSSR count). The number of esters is 1. The summed E-state index contributed by atoms with van der Waals surface area (Å²) in [4.78, 5) is 29.9. The maximum absolute atomic E-state index is 15.1. The summed E-state index contributed by atoms with van der Waals surface area (Å²) in [6.45, 7) is 12.4. The summed E-state index contributed by atoms with van der Waals surface area (Å²) in [6, 6.07) is 4.89. The van der Waals surface area contributed by atoms with Crippen molar-refractivity contribution in [2.24, 2.45) is 10.4 Å². The number of carbonyl (C=O) groups is 2. The van der Waals surface area contributed by atoms with Gasteiger partial charge in [0.15, 0.2) is 5.17 Å². The van der Waals surface area contributed by atoms with Crippen LogP contribution in [0.4, 0.5) is 8.78 Å². The Morgan fingerprint density at radius 1 is 1.32 bits per heavy atom. The van der Waals surface area contributed by atoms with Gasteiger partial charge in [-0.05, 0) is 51.4 Å². The van der Waals surface area contributed by atoms with Crippen molar-refractivity contribution in [1.29, 1.82) is 0 Å². The van der Waals surface area contributed by atoms with Crippen molar-refractivity contribution in [3.63, 3.8) is 0 Å². The van der Waals surface area contributed by atoms with Gasteiger partial charge in [-0.25, -0.2) is 18.6 Å². The zero-order valence-electron chi connectivity index (χ0n) is 22.2. The maximum Gasteiger partial charge on any atom is 0.359 e. The quantitative estimate of drug-likeness (QED) is 0.270. The van der Waals surface area contributed by atoms with Gasteiger partial charge in [0.05, 0.1) is 0 Å². The Bertz CT molecular complexity index is 1110. The molecule has 4 atom stereocenters. The van der Waals surface area contributed by atoms with E-state index in [0.717, 1.165) is 17.8 Å². The Labute approximate surface area is 230 Å². The summed E-state index contributed by atoms with van der Waals surface area (Å²) >= 11 is 4.21. The number of hydrogen-bond donors (Lipinski definition) is 2. The number of fused-ring (bicyclic) bond motifs is 1. The summed E-state index contributed by atoms with van der Waals surface area (Å²) in [5.41, 5.74) is -3.74. The minimum absolute atomic E-state index is 0.0155. The molecule has 1 saturated carbocycles. The van der Waals surface area contributed by atoms with E-state index in [1.54, 1.807) is 27.7 Å². The SMILES string of the molecule is CC(C)(C)OC(=O)C(N=C1N[C@@](CF)(c2cc(Br)ccc2F)[C@]2(C)C[C@]2(C(=O)O)S1)OCC[Si](C)(C)C. The number of aliphatic carboxylic acids is 1. The normalized spacial score (nSPS) is 29.3. The highest BCUT2D eigenvalue weighted by molar-refractivity contribution is 9.10. The Morgan fingerprint density at radius 3 is 2.51 bits per heavy atom. The fourth-order valence-electron chi connectivity index (χ4n) is 4.56. The molecular weight excluding hydrogens is 586 g/mol. The third-order valence-electron chi connectivity index (χ3n) is 6.81. The Kier molecular flexibility index (Phi) is 8.31. The van der Waals surface area contributed by atoms with Gasteiger partial charge in [-0.3, -0.25) is 4.79 Å². The number of nitrogens with one attached hydrogen (secondary N) is 1. The van der Waals surface area contributed by atoms with E-state index in [4.69, 9.17) is 9.47 Å². The largest absolute Gasteiger partial charge is 0.480 e. The highest BCUT2D eigenvalue weighted by Gasteiger charge is 2.81. The van der Waals surface area contributed by atoms with Crippen LogP contribution in [0.5, 0.6) is 0 Å². The number of ether oxygens (including phenoxy) is 2. The van der Waals surface area contributed by atoms with Crippen molar-refractivity contribution in [3.05, 3.63) is 34.1 Å². The van der Waals surface area contributed by atoms with E-state index in [0.29, 0.717) is 4.47 Å². The van der Waals surface area contributed by atoms with Crippen LogP contribution in [-0.4, -0.2) is 60.1 Å². The fraction of sp³-hybridized carbons (Fsp3) is 0.640. The van der Waals surface area contributed by atoms with Crippen LogP contribution in [0.3, 0.4) is 0 Å². The van der Waals surface area contributed by atoms with E-state index < -0.39 is 60.0 Å². The van der Waals surface area contributed by atoms with E-state index in [1.807, 2.05) is 0 Å². The second kappa shape index (κ2) is 10.2. The molecule has 0 amide bonds. The van der Waals surface area contributed by atoms with Crippen LogP contribution >= 0.6 is 27.7 Å². The third kappa shape index (κ3) is 5.91. The molecule has 12 heteroatoms. The summed E-state index contributed by atoms with van der Waals surface area (Å²) < 4.78 is 40.6. The monoisotopic (exact) mass is 620 g/mol. The number of carboxylic acids is 1. The molecule has 1 heterocycles. The molecule has 206 valence electrons. The zero-order valence-corrected chi connectivity index (χ0v) is 25.6. The van der Waals surface area contributed by atoms with Gasteiger partial charge in [-0.2, -0.15) is 0 Å². The molecule has 0 aromatic heterocycles. The molecule has 37 heavy (non-hydrogen) atoms. The highest BCUT2D eigenvalue weighted by atomic mass is 79.9. The van der Waals surface area contributed by atoms with E-state index in [-0.39, 0.29) is 23.8 Å². The minimum Gasteiger partial charge on any atom is -0.480 e. The lowest BCUT2D eigenvalue weighted by Gasteiger charge is -2.45. The van der Waals surface area contributed by atoms with Crippen molar-refractivity contribution in [2.75, 3.05) is 13.3 Å². The van der Waals surface area contributed by atoms with Gasteiger partial charge in [0.25, 0.3) is 0 Å². The van der Waals surface area contributed by atoms with Crippen LogP contribution in [-0.2, 0) is 24.6 Å². The fourth-order valence-corrected chi connectivity index (χ4v) is 7.20. The number of halogens is 3. The molecule has 1 unspecified atom stereocenters. The molecule has 0 bridgehead atoms. The summed E-state index contributed by atoms with van der Waals surface area (Å²) in [6.07, 6.45) is -1.32.